The maximum absolute atomic E-state index is 10.4. The molecule has 1 aromatic heterocycles. The number of phosphoric ester groups is 1. The molecule has 31 heavy (non-hydrogen) atoms. The second-order valence-electron chi connectivity index (χ2n) is 8.20. The van der Waals surface area contributed by atoms with Gasteiger partial charge in [-0.15, -0.1) is 0 Å². The average molecular weight is 461 g/mol. The monoisotopic (exact) mass is 460 g/mol. The Morgan fingerprint density at radius 2 is 1.19 bits per heavy atom. The lowest BCUT2D eigenvalue weighted by Gasteiger charge is -2.20. The van der Waals surface area contributed by atoms with Crippen molar-refractivity contribution in [3.63, 3.8) is 0 Å². The van der Waals surface area contributed by atoms with Crippen molar-refractivity contribution in [1.29, 1.82) is 0 Å². The SMILES string of the molecule is CCCCCCCCCCCCCCCCn1cc[n+](C)c1.CCOP(=O)([O-])OCC. The van der Waals surface area contributed by atoms with Crippen LogP contribution in [-0.2, 0) is 27.2 Å². The summed E-state index contributed by atoms with van der Waals surface area (Å²) in [5.74, 6) is 0. The number of aryl methyl sites for hydroxylation is 2. The highest BCUT2D eigenvalue weighted by Gasteiger charge is 2.04. The van der Waals surface area contributed by atoms with Gasteiger partial charge in [0.25, 0.3) is 7.82 Å². The maximum Gasteiger partial charge on any atom is 0.267 e. The Hall–Kier alpha value is -0.680. The topological polar surface area (TPSA) is 67.4 Å². The zero-order valence-corrected chi connectivity index (χ0v) is 21.6. The molecule has 1 aromatic rings. The van der Waals surface area contributed by atoms with Crippen LogP contribution >= 0.6 is 7.82 Å². The fraction of sp³-hybridized carbons (Fsp3) is 0.875. The molecule has 0 saturated carbocycles. The van der Waals surface area contributed by atoms with Crippen LogP contribution in [-0.4, -0.2) is 17.8 Å². The van der Waals surface area contributed by atoms with Crippen molar-refractivity contribution < 1.29 is 23.1 Å². The van der Waals surface area contributed by atoms with E-state index >= 15 is 0 Å². The summed E-state index contributed by atoms with van der Waals surface area (Å²) in [6.07, 6.45) is 26.5. The zero-order chi connectivity index (χ0) is 23.2. The summed E-state index contributed by atoms with van der Waals surface area (Å²) in [4.78, 5) is 10.4. The van der Waals surface area contributed by atoms with Crippen molar-refractivity contribution in [2.75, 3.05) is 13.2 Å². The van der Waals surface area contributed by atoms with Crippen molar-refractivity contribution in [2.24, 2.45) is 7.05 Å². The predicted molar refractivity (Wildman–Crippen MR) is 127 cm³/mol. The van der Waals surface area contributed by atoms with E-state index in [2.05, 4.69) is 50.9 Å². The van der Waals surface area contributed by atoms with Gasteiger partial charge in [-0.25, -0.2) is 9.13 Å². The van der Waals surface area contributed by atoms with Crippen LogP contribution in [0.5, 0.6) is 0 Å². The van der Waals surface area contributed by atoms with Crippen LogP contribution in [0.3, 0.4) is 0 Å². The van der Waals surface area contributed by atoms with Crippen LogP contribution in [0.25, 0.3) is 0 Å². The van der Waals surface area contributed by atoms with E-state index in [0.717, 1.165) is 0 Å². The summed E-state index contributed by atoms with van der Waals surface area (Å²) in [7, 11) is -1.86. The number of hydrogen-bond acceptors (Lipinski definition) is 4. The van der Waals surface area contributed by atoms with Crippen molar-refractivity contribution >= 4 is 7.82 Å². The first-order chi connectivity index (χ1) is 14.9. The largest absolute Gasteiger partial charge is 0.756 e. The molecule has 0 aromatic carbocycles. The first-order valence-electron chi connectivity index (χ1n) is 12.6. The molecule has 0 fully saturated rings. The van der Waals surface area contributed by atoms with E-state index < -0.39 is 7.82 Å². The predicted octanol–water partition coefficient (Wildman–Crippen LogP) is 6.32. The third kappa shape index (κ3) is 20.9. The minimum absolute atomic E-state index is 0.126. The molecule has 0 aliphatic heterocycles. The molecular weight excluding hydrogens is 411 g/mol. The number of unbranched alkanes of at least 4 members (excludes halogenated alkanes) is 13. The van der Waals surface area contributed by atoms with Gasteiger partial charge in [0.1, 0.15) is 12.4 Å². The van der Waals surface area contributed by atoms with Crippen LogP contribution in [0.1, 0.15) is 111 Å². The molecule has 1 heterocycles. The van der Waals surface area contributed by atoms with Crippen molar-refractivity contribution in [3.05, 3.63) is 18.7 Å². The van der Waals surface area contributed by atoms with Gasteiger partial charge in [0.15, 0.2) is 0 Å². The van der Waals surface area contributed by atoms with E-state index in [-0.39, 0.29) is 13.2 Å². The highest BCUT2D eigenvalue weighted by Crippen LogP contribution is 2.37. The summed E-state index contributed by atoms with van der Waals surface area (Å²) in [6.45, 7) is 6.90. The number of aromatic nitrogens is 2. The summed E-state index contributed by atoms with van der Waals surface area (Å²) in [5, 5.41) is 0. The average Bonchev–Trinajstić information content (AvgIpc) is 3.13. The van der Waals surface area contributed by atoms with Gasteiger partial charge in [-0.1, -0.05) is 84.0 Å². The van der Waals surface area contributed by atoms with Gasteiger partial charge in [-0.2, -0.15) is 0 Å². The van der Waals surface area contributed by atoms with E-state index in [1.54, 1.807) is 13.8 Å². The third-order valence-electron chi connectivity index (χ3n) is 5.17. The lowest BCUT2D eigenvalue weighted by Crippen LogP contribution is -2.23. The molecule has 0 spiro atoms. The van der Waals surface area contributed by atoms with Crippen LogP contribution in [0.15, 0.2) is 18.7 Å². The summed E-state index contributed by atoms with van der Waals surface area (Å²) >= 11 is 0. The van der Waals surface area contributed by atoms with Crippen LogP contribution in [0, 0.1) is 0 Å². The Labute approximate surface area is 192 Å². The number of rotatable bonds is 19. The van der Waals surface area contributed by atoms with Gasteiger partial charge >= 0.3 is 0 Å². The molecule has 0 N–H and O–H groups in total. The van der Waals surface area contributed by atoms with Crippen molar-refractivity contribution in [1.82, 2.24) is 4.57 Å². The van der Waals surface area contributed by atoms with Gasteiger partial charge in [-0.3, -0.25) is 4.57 Å². The van der Waals surface area contributed by atoms with Gasteiger partial charge in [0.2, 0.25) is 6.33 Å². The highest BCUT2D eigenvalue weighted by atomic mass is 31.2. The fourth-order valence-electron chi connectivity index (χ4n) is 3.48. The molecule has 1 rings (SSSR count). The summed E-state index contributed by atoms with van der Waals surface area (Å²) in [5.41, 5.74) is 0. The minimum atomic E-state index is -3.94. The Kier molecular flexibility index (Phi) is 20.7. The third-order valence-corrected chi connectivity index (χ3v) is 6.32. The van der Waals surface area contributed by atoms with E-state index in [9.17, 15) is 9.46 Å². The Morgan fingerprint density at radius 1 is 0.774 bits per heavy atom. The van der Waals surface area contributed by atoms with Gasteiger partial charge in [0, 0.05) is 0 Å². The second-order valence-corrected chi connectivity index (χ2v) is 9.61. The molecule has 0 saturated heterocycles. The number of imidazole rings is 1. The molecule has 184 valence electrons. The Balaban J connectivity index is 0.000000842. The molecule has 0 aliphatic rings. The lowest BCUT2D eigenvalue weighted by molar-refractivity contribution is -0.671. The first-order valence-corrected chi connectivity index (χ1v) is 14.0. The van der Waals surface area contributed by atoms with E-state index in [1.165, 1.54) is 96.4 Å². The fourth-order valence-corrected chi connectivity index (χ4v) is 4.18. The van der Waals surface area contributed by atoms with Gasteiger partial charge in [-0.05, 0) is 26.7 Å². The van der Waals surface area contributed by atoms with E-state index in [1.807, 2.05) is 0 Å². The van der Waals surface area contributed by atoms with Gasteiger partial charge in [0.05, 0.1) is 26.8 Å². The first kappa shape index (κ1) is 30.3. The maximum atomic E-state index is 10.4. The van der Waals surface area contributed by atoms with Crippen LogP contribution in [0.4, 0.5) is 0 Å². The molecular formula is C24H49N2O4P. The molecule has 7 heteroatoms. The summed E-state index contributed by atoms with van der Waals surface area (Å²) < 4.78 is 23.3. The zero-order valence-electron chi connectivity index (χ0n) is 20.7. The van der Waals surface area contributed by atoms with E-state index in [0.29, 0.717) is 0 Å². The van der Waals surface area contributed by atoms with Crippen molar-refractivity contribution in [3.8, 4) is 0 Å². The molecule has 0 aliphatic carbocycles. The van der Waals surface area contributed by atoms with Crippen LogP contribution < -0.4 is 9.46 Å². The smallest absolute Gasteiger partial charge is 0.267 e. The molecule has 0 atom stereocenters. The minimum Gasteiger partial charge on any atom is -0.756 e. The Morgan fingerprint density at radius 3 is 1.55 bits per heavy atom. The van der Waals surface area contributed by atoms with E-state index in [4.69, 9.17) is 0 Å². The standard InChI is InChI=1S/C20H39N2.C4H11O4P/c1-3-4-5-6-7-8-9-10-11-12-13-14-15-16-17-22-19-18-21(2)20-22;1-3-7-9(5,6)8-4-2/h18-20H,3-17H2,1-2H3;3-4H2,1-2H3,(H,5,6)/q+1;/p-1. The number of hydrogen-bond donors (Lipinski definition) is 0. The molecule has 6 nitrogen and oxygen atoms in total. The van der Waals surface area contributed by atoms with Crippen molar-refractivity contribution in [2.45, 2.75) is 117 Å². The van der Waals surface area contributed by atoms with Crippen LogP contribution in [0.2, 0.25) is 0 Å². The molecule has 0 amide bonds. The molecule has 0 radical (unpaired) electrons. The molecule has 0 unspecified atom stereocenters. The lowest BCUT2D eigenvalue weighted by atomic mass is 10.0. The quantitative estimate of drug-likeness (QED) is 0.138. The molecule has 0 bridgehead atoms. The Bertz CT molecular complexity index is 541. The number of phosphoric acid groups is 1. The highest BCUT2D eigenvalue weighted by molar-refractivity contribution is 7.45. The summed E-state index contributed by atoms with van der Waals surface area (Å²) in [6, 6.07) is 0. The normalized spacial score (nSPS) is 11.4. The number of nitrogens with zero attached hydrogens (tertiary/aromatic N) is 2. The second kappa shape index (κ2) is 21.2. The van der Waals surface area contributed by atoms with Gasteiger partial charge < -0.3 is 13.9 Å².